The highest BCUT2D eigenvalue weighted by Gasteiger charge is 2.39. The Kier molecular flexibility index (Phi) is 3.94. The maximum atomic E-state index is 11.2. The smallest absolute Gasteiger partial charge is 0.373 e. The molecule has 0 aliphatic heterocycles. The Balaban J connectivity index is 2.19. The minimum atomic E-state index is -1.05. The third-order valence-electron chi connectivity index (χ3n) is 3.71. The van der Waals surface area contributed by atoms with E-state index in [4.69, 9.17) is 14.3 Å². The van der Waals surface area contributed by atoms with Gasteiger partial charge in [-0.15, -0.1) is 0 Å². The number of nitrogens with zero attached hydrogens (tertiary/aromatic N) is 1. The quantitative estimate of drug-likeness (QED) is 0.857. The molecular formula is C14H21NO4. The van der Waals surface area contributed by atoms with E-state index in [1.54, 1.807) is 7.11 Å². The van der Waals surface area contributed by atoms with Crippen molar-refractivity contribution in [1.29, 1.82) is 0 Å². The summed E-state index contributed by atoms with van der Waals surface area (Å²) in [5.74, 6) is -0.241. The minimum absolute atomic E-state index is 0.0192. The Morgan fingerprint density at radius 3 is 2.63 bits per heavy atom. The van der Waals surface area contributed by atoms with Crippen LogP contribution < -0.4 is 0 Å². The van der Waals surface area contributed by atoms with Gasteiger partial charge in [-0.05, 0) is 31.6 Å². The summed E-state index contributed by atoms with van der Waals surface area (Å²) in [7, 11) is 1.69. The van der Waals surface area contributed by atoms with Gasteiger partial charge in [-0.25, -0.2) is 9.78 Å². The number of aromatic nitrogens is 1. The first-order valence-electron chi connectivity index (χ1n) is 6.73. The lowest BCUT2D eigenvalue weighted by molar-refractivity contribution is -0.0746. The summed E-state index contributed by atoms with van der Waals surface area (Å²) in [6.07, 6.45) is 4.27. The zero-order chi connectivity index (χ0) is 14.0. The predicted octanol–water partition coefficient (Wildman–Crippen LogP) is 2.68. The molecule has 1 saturated carbocycles. The molecule has 19 heavy (non-hydrogen) atoms. The minimum Gasteiger partial charge on any atom is -0.475 e. The summed E-state index contributed by atoms with van der Waals surface area (Å²) in [6, 6.07) is 0. The highest BCUT2D eigenvalue weighted by atomic mass is 16.5. The number of carbonyl (C=O) groups is 1. The Labute approximate surface area is 113 Å². The molecule has 1 aliphatic rings. The van der Waals surface area contributed by atoms with Gasteiger partial charge in [0.15, 0.2) is 5.89 Å². The van der Waals surface area contributed by atoms with Crippen molar-refractivity contribution in [1.82, 2.24) is 4.98 Å². The van der Waals surface area contributed by atoms with Crippen LogP contribution in [0.3, 0.4) is 0 Å². The van der Waals surface area contributed by atoms with E-state index in [0.717, 1.165) is 19.3 Å². The summed E-state index contributed by atoms with van der Waals surface area (Å²) in [5, 5.41) is 9.15. The monoisotopic (exact) mass is 267 g/mol. The van der Waals surface area contributed by atoms with Crippen molar-refractivity contribution in [2.45, 2.75) is 51.6 Å². The molecule has 0 atom stereocenters. The van der Waals surface area contributed by atoms with E-state index in [9.17, 15) is 4.79 Å². The second-order valence-corrected chi connectivity index (χ2v) is 5.70. The van der Waals surface area contributed by atoms with E-state index in [0.29, 0.717) is 30.3 Å². The van der Waals surface area contributed by atoms with E-state index < -0.39 is 5.97 Å². The van der Waals surface area contributed by atoms with E-state index in [-0.39, 0.29) is 11.4 Å². The molecule has 106 valence electrons. The van der Waals surface area contributed by atoms with Crippen molar-refractivity contribution < 1.29 is 19.1 Å². The highest BCUT2D eigenvalue weighted by Crippen LogP contribution is 2.38. The number of carboxylic acids is 1. The number of hydrogen-bond acceptors (Lipinski definition) is 4. The molecule has 5 heteroatoms. The van der Waals surface area contributed by atoms with E-state index >= 15 is 0 Å². The van der Waals surface area contributed by atoms with E-state index in [2.05, 4.69) is 4.98 Å². The molecule has 0 unspecified atom stereocenters. The number of carboxylic acid groups (broad SMARTS) is 1. The van der Waals surface area contributed by atoms with Gasteiger partial charge in [0.2, 0.25) is 5.76 Å². The van der Waals surface area contributed by atoms with Crippen LogP contribution in [0, 0.1) is 5.92 Å². The van der Waals surface area contributed by atoms with Crippen LogP contribution in [-0.4, -0.2) is 28.8 Å². The maximum Gasteiger partial charge on any atom is 0.373 e. The van der Waals surface area contributed by atoms with Crippen molar-refractivity contribution in [3.63, 3.8) is 0 Å². The van der Waals surface area contributed by atoms with Crippen LogP contribution in [0.2, 0.25) is 0 Å². The van der Waals surface area contributed by atoms with Crippen LogP contribution in [0.1, 0.15) is 55.2 Å². The number of hydrogen-bond donors (Lipinski definition) is 1. The predicted molar refractivity (Wildman–Crippen MR) is 69.3 cm³/mol. The summed E-state index contributed by atoms with van der Waals surface area (Å²) in [6.45, 7) is 4.06. The molecule has 2 rings (SSSR count). The van der Waals surface area contributed by atoms with Gasteiger partial charge in [0.25, 0.3) is 0 Å². The summed E-state index contributed by atoms with van der Waals surface area (Å²) >= 11 is 0. The number of aromatic carboxylic acids is 1. The van der Waals surface area contributed by atoms with Crippen LogP contribution in [0.25, 0.3) is 0 Å². The highest BCUT2D eigenvalue weighted by molar-refractivity contribution is 5.85. The largest absolute Gasteiger partial charge is 0.475 e. The molecular weight excluding hydrogens is 246 g/mol. The first kappa shape index (κ1) is 14.1. The fraction of sp³-hybridized carbons (Fsp3) is 0.714. The fourth-order valence-corrected chi connectivity index (χ4v) is 2.47. The van der Waals surface area contributed by atoms with Gasteiger partial charge >= 0.3 is 5.97 Å². The zero-order valence-corrected chi connectivity index (χ0v) is 11.7. The van der Waals surface area contributed by atoms with Crippen molar-refractivity contribution in [2.75, 3.05) is 7.11 Å². The molecule has 0 radical (unpaired) electrons. The van der Waals surface area contributed by atoms with Crippen molar-refractivity contribution in [3.05, 3.63) is 17.3 Å². The Morgan fingerprint density at radius 2 is 2.21 bits per heavy atom. The summed E-state index contributed by atoms with van der Waals surface area (Å²) < 4.78 is 10.9. The second-order valence-electron chi connectivity index (χ2n) is 5.70. The van der Waals surface area contributed by atoms with E-state index in [1.807, 2.05) is 13.8 Å². The molecule has 1 aliphatic carbocycles. The van der Waals surface area contributed by atoms with Crippen LogP contribution in [0.15, 0.2) is 4.42 Å². The average molecular weight is 267 g/mol. The normalized spacial score (nSPS) is 17.5. The second kappa shape index (κ2) is 5.33. The lowest BCUT2D eigenvalue weighted by Gasteiger charge is -2.39. The van der Waals surface area contributed by atoms with Gasteiger partial charge in [0.05, 0.1) is 17.7 Å². The molecule has 0 bridgehead atoms. The molecule has 1 N–H and O–H groups in total. The molecule has 1 fully saturated rings. The number of oxazole rings is 1. The molecule has 1 aromatic heterocycles. The Morgan fingerprint density at radius 1 is 1.53 bits per heavy atom. The summed E-state index contributed by atoms with van der Waals surface area (Å²) in [5.41, 5.74) is 0.346. The van der Waals surface area contributed by atoms with E-state index in [1.165, 1.54) is 0 Å². The van der Waals surface area contributed by atoms with Crippen molar-refractivity contribution in [3.8, 4) is 0 Å². The van der Waals surface area contributed by atoms with Crippen LogP contribution in [-0.2, 0) is 17.6 Å². The number of ether oxygens (including phenoxy) is 1. The fourth-order valence-electron chi connectivity index (χ4n) is 2.47. The molecule has 0 saturated heterocycles. The molecule has 0 aromatic carbocycles. The van der Waals surface area contributed by atoms with Crippen LogP contribution in [0.5, 0.6) is 0 Å². The first-order chi connectivity index (χ1) is 8.96. The first-order valence-corrected chi connectivity index (χ1v) is 6.73. The molecule has 1 heterocycles. The van der Waals surface area contributed by atoms with Crippen molar-refractivity contribution in [2.24, 2.45) is 5.92 Å². The molecule has 5 nitrogen and oxygen atoms in total. The van der Waals surface area contributed by atoms with Gasteiger partial charge in [-0.3, -0.25) is 0 Å². The molecule has 0 amide bonds. The van der Waals surface area contributed by atoms with Gasteiger partial charge in [0.1, 0.15) is 0 Å². The maximum absolute atomic E-state index is 11.2. The SMILES string of the molecule is COC1(Cc2nc(CC(C)C)c(C(=O)O)o2)CCC1. The van der Waals surface area contributed by atoms with Gasteiger partial charge in [-0.1, -0.05) is 13.8 Å². The number of methoxy groups -OCH3 is 1. The van der Waals surface area contributed by atoms with Gasteiger partial charge < -0.3 is 14.3 Å². The average Bonchev–Trinajstić information content (AvgIpc) is 2.65. The zero-order valence-electron chi connectivity index (χ0n) is 11.7. The summed E-state index contributed by atoms with van der Waals surface area (Å²) in [4.78, 5) is 15.5. The lowest BCUT2D eigenvalue weighted by atomic mass is 9.77. The standard InChI is InChI=1S/C14H21NO4/c1-9(2)7-10-12(13(16)17)19-11(15-10)8-14(18-3)5-4-6-14/h9H,4-8H2,1-3H3,(H,16,17). The van der Waals surface area contributed by atoms with Gasteiger partial charge in [-0.2, -0.15) is 0 Å². The topological polar surface area (TPSA) is 72.6 Å². The Hall–Kier alpha value is -1.36. The number of rotatable bonds is 6. The lowest BCUT2D eigenvalue weighted by Crippen LogP contribution is -2.41. The molecule has 0 spiro atoms. The molecule has 1 aromatic rings. The third-order valence-corrected chi connectivity index (χ3v) is 3.71. The van der Waals surface area contributed by atoms with Gasteiger partial charge in [0, 0.05) is 7.11 Å². The van der Waals surface area contributed by atoms with Crippen LogP contribution >= 0.6 is 0 Å². The van der Waals surface area contributed by atoms with Crippen molar-refractivity contribution >= 4 is 5.97 Å². The third kappa shape index (κ3) is 2.97. The van der Waals surface area contributed by atoms with Crippen LogP contribution in [0.4, 0.5) is 0 Å². The Bertz CT molecular complexity index is 455.